The number of amides is 2. The van der Waals surface area contributed by atoms with E-state index < -0.39 is 0 Å². The van der Waals surface area contributed by atoms with E-state index in [-0.39, 0.29) is 17.6 Å². The zero-order valence-electron chi connectivity index (χ0n) is 20.9. The second-order valence-corrected chi connectivity index (χ2v) is 9.32. The number of hydrogen-bond acceptors (Lipinski definition) is 3. The van der Waals surface area contributed by atoms with Crippen LogP contribution in [0.1, 0.15) is 17.5 Å². The molecule has 1 aliphatic heterocycles. The Bertz CT molecular complexity index is 1410. The van der Waals surface area contributed by atoms with Crippen LogP contribution in [0.5, 0.6) is 5.75 Å². The minimum atomic E-state index is -0.280. The number of carbonyl (C=O) groups is 2. The number of ether oxygens (including phenoxy) is 1. The van der Waals surface area contributed by atoms with Crippen molar-refractivity contribution in [2.75, 3.05) is 33.3 Å². The first-order chi connectivity index (χ1) is 18.0. The van der Waals surface area contributed by atoms with Crippen LogP contribution in [-0.2, 0) is 22.4 Å². The van der Waals surface area contributed by atoms with Crippen LogP contribution in [0.25, 0.3) is 22.2 Å². The van der Waals surface area contributed by atoms with Gasteiger partial charge in [-0.2, -0.15) is 0 Å². The molecule has 1 N–H and O–H groups in total. The van der Waals surface area contributed by atoms with Crippen molar-refractivity contribution in [3.05, 3.63) is 89.7 Å². The highest BCUT2D eigenvalue weighted by Gasteiger charge is 2.25. The SMILES string of the molecule is COc1cccc(CC(=O)N2CCN(C(=O)CCc3c(-c4ccc(F)cc4)[nH]c4ccccc34)CC2)c1. The number of fused-ring (bicyclic) bond motifs is 1. The second-order valence-electron chi connectivity index (χ2n) is 9.32. The maximum Gasteiger partial charge on any atom is 0.227 e. The number of hydrogen-bond donors (Lipinski definition) is 1. The summed E-state index contributed by atoms with van der Waals surface area (Å²) in [7, 11) is 1.61. The van der Waals surface area contributed by atoms with E-state index in [9.17, 15) is 14.0 Å². The average Bonchev–Trinajstić information content (AvgIpc) is 3.30. The molecule has 1 aliphatic rings. The predicted octanol–water partition coefficient (Wildman–Crippen LogP) is 4.83. The topological polar surface area (TPSA) is 65.6 Å². The second kappa shape index (κ2) is 10.9. The Kier molecular flexibility index (Phi) is 7.21. The van der Waals surface area contributed by atoms with Gasteiger partial charge in [-0.3, -0.25) is 9.59 Å². The molecule has 1 saturated heterocycles. The molecule has 0 radical (unpaired) electrons. The molecule has 0 aliphatic carbocycles. The van der Waals surface area contributed by atoms with Crippen LogP contribution in [-0.4, -0.2) is 59.9 Å². The molecular weight excluding hydrogens is 469 g/mol. The Morgan fingerprint density at radius 1 is 0.892 bits per heavy atom. The molecule has 0 saturated carbocycles. The van der Waals surface area contributed by atoms with Gasteiger partial charge >= 0.3 is 0 Å². The third-order valence-electron chi connectivity index (χ3n) is 7.01. The van der Waals surface area contributed by atoms with Gasteiger partial charge in [0.05, 0.1) is 13.5 Å². The number of aromatic nitrogens is 1. The number of benzene rings is 3. The fraction of sp³-hybridized carbons (Fsp3) is 0.267. The lowest BCUT2D eigenvalue weighted by Crippen LogP contribution is -2.51. The molecule has 0 bridgehead atoms. The number of nitrogens with one attached hydrogen (secondary N) is 1. The van der Waals surface area contributed by atoms with E-state index in [1.165, 1.54) is 12.1 Å². The quantitative estimate of drug-likeness (QED) is 0.396. The van der Waals surface area contributed by atoms with Gasteiger partial charge < -0.3 is 19.5 Å². The summed E-state index contributed by atoms with van der Waals surface area (Å²) in [6.07, 6.45) is 1.26. The van der Waals surface area contributed by atoms with Crippen molar-refractivity contribution in [3.8, 4) is 17.0 Å². The first kappa shape index (κ1) is 24.6. The molecule has 0 spiro atoms. The molecule has 2 heterocycles. The number of piperazine rings is 1. The molecule has 190 valence electrons. The average molecular weight is 500 g/mol. The number of aromatic amines is 1. The lowest BCUT2D eigenvalue weighted by atomic mass is 10.0. The van der Waals surface area contributed by atoms with E-state index in [0.717, 1.165) is 39.0 Å². The highest BCUT2D eigenvalue weighted by atomic mass is 19.1. The molecule has 7 heteroatoms. The summed E-state index contributed by atoms with van der Waals surface area (Å²) in [5.41, 5.74) is 4.78. The minimum Gasteiger partial charge on any atom is -0.497 e. The summed E-state index contributed by atoms with van der Waals surface area (Å²) in [6.45, 7) is 2.12. The molecule has 6 nitrogen and oxygen atoms in total. The smallest absolute Gasteiger partial charge is 0.227 e. The van der Waals surface area contributed by atoms with E-state index in [1.54, 1.807) is 19.2 Å². The largest absolute Gasteiger partial charge is 0.497 e. The molecule has 37 heavy (non-hydrogen) atoms. The van der Waals surface area contributed by atoms with E-state index in [4.69, 9.17) is 4.74 Å². The molecule has 0 atom stereocenters. The number of carbonyl (C=O) groups excluding carboxylic acids is 2. The number of para-hydroxylation sites is 1. The Morgan fingerprint density at radius 2 is 1.59 bits per heavy atom. The number of nitrogens with zero attached hydrogens (tertiary/aromatic N) is 2. The van der Waals surface area contributed by atoms with Crippen LogP contribution >= 0.6 is 0 Å². The first-order valence-electron chi connectivity index (χ1n) is 12.6. The van der Waals surface area contributed by atoms with Gasteiger partial charge in [-0.1, -0.05) is 30.3 Å². The fourth-order valence-corrected chi connectivity index (χ4v) is 4.99. The minimum absolute atomic E-state index is 0.0584. The number of rotatable bonds is 7. The normalized spacial score (nSPS) is 13.7. The van der Waals surface area contributed by atoms with Gasteiger partial charge in [0.25, 0.3) is 0 Å². The van der Waals surface area contributed by atoms with Crippen molar-refractivity contribution in [1.82, 2.24) is 14.8 Å². The zero-order valence-corrected chi connectivity index (χ0v) is 20.9. The van der Waals surface area contributed by atoms with Gasteiger partial charge in [0.15, 0.2) is 0 Å². The molecule has 0 unspecified atom stereocenters. The van der Waals surface area contributed by atoms with Crippen molar-refractivity contribution in [2.45, 2.75) is 19.3 Å². The van der Waals surface area contributed by atoms with Gasteiger partial charge in [0.2, 0.25) is 11.8 Å². The maximum absolute atomic E-state index is 13.5. The predicted molar refractivity (Wildman–Crippen MR) is 142 cm³/mol. The van der Waals surface area contributed by atoms with Gasteiger partial charge in [0, 0.05) is 49.2 Å². The number of H-pyrrole nitrogens is 1. The third kappa shape index (κ3) is 5.50. The zero-order chi connectivity index (χ0) is 25.8. The molecule has 4 aromatic rings. The summed E-state index contributed by atoms with van der Waals surface area (Å²) >= 11 is 0. The summed E-state index contributed by atoms with van der Waals surface area (Å²) in [4.78, 5) is 33.0. The van der Waals surface area contributed by atoms with Crippen molar-refractivity contribution in [2.24, 2.45) is 0 Å². The van der Waals surface area contributed by atoms with E-state index in [0.29, 0.717) is 45.4 Å². The molecule has 5 rings (SSSR count). The Balaban J connectivity index is 1.21. The standard InChI is InChI=1S/C30H30FN3O3/c1-37-24-6-4-5-21(19-24)20-29(36)34-17-15-33(16-18-34)28(35)14-13-26-25-7-2-3-8-27(25)32-30(26)22-9-11-23(31)12-10-22/h2-12,19,32H,13-18,20H2,1H3. The summed E-state index contributed by atoms with van der Waals surface area (Å²) < 4.78 is 18.7. The molecule has 2 amide bonds. The number of halogens is 1. The van der Waals surface area contributed by atoms with Gasteiger partial charge in [-0.25, -0.2) is 4.39 Å². The Morgan fingerprint density at radius 3 is 2.32 bits per heavy atom. The molecule has 1 fully saturated rings. The van der Waals surface area contributed by atoms with Gasteiger partial charge in [0.1, 0.15) is 11.6 Å². The Hall–Kier alpha value is -4.13. The molecule has 1 aromatic heterocycles. The fourth-order valence-electron chi connectivity index (χ4n) is 4.99. The summed E-state index contributed by atoms with van der Waals surface area (Å²) in [5.74, 6) is 0.592. The van der Waals surface area contributed by atoms with Crippen molar-refractivity contribution in [1.29, 1.82) is 0 Å². The van der Waals surface area contributed by atoms with Crippen LogP contribution in [0.15, 0.2) is 72.8 Å². The van der Waals surface area contributed by atoms with Crippen LogP contribution in [0.3, 0.4) is 0 Å². The summed E-state index contributed by atoms with van der Waals surface area (Å²) in [5, 5.41) is 1.07. The highest BCUT2D eigenvalue weighted by molar-refractivity contribution is 5.91. The summed E-state index contributed by atoms with van der Waals surface area (Å²) in [6, 6.07) is 22.0. The van der Waals surface area contributed by atoms with Crippen LogP contribution < -0.4 is 4.74 Å². The first-order valence-corrected chi connectivity index (χ1v) is 12.6. The van der Waals surface area contributed by atoms with Crippen molar-refractivity contribution >= 4 is 22.7 Å². The third-order valence-corrected chi connectivity index (χ3v) is 7.01. The number of aryl methyl sites for hydroxylation is 1. The van der Waals surface area contributed by atoms with Gasteiger partial charge in [-0.15, -0.1) is 0 Å². The van der Waals surface area contributed by atoms with E-state index in [2.05, 4.69) is 4.98 Å². The molecular formula is C30H30FN3O3. The monoisotopic (exact) mass is 499 g/mol. The Labute approximate surface area is 215 Å². The van der Waals surface area contributed by atoms with Gasteiger partial charge in [-0.05, 0) is 65.6 Å². The number of methoxy groups -OCH3 is 1. The van der Waals surface area contributed by atoms with Crippen LogP contribution in [0, 0.1) is 5.82 Å². The lowest BCUT2D eigenvalue weighted by molar-refractivity contribution is -0.139. The van der Waals surface area contributed by atoms with Crippen LogP contribution in [0.4, 0.5) is 4.39 Å². The van der Waals surface area contributed by atoms with E-state index >= 15 is 0 Å². The van der Waals surface area contributed by atoms with E-state index in [1.807, 2.05) is 58.3 Å². The molecule has 3 aromatic carbocycles. The maximum atomic E-state index is 13.5. The van der Waals surface area contributed by atoms with Crippen molar-refractivity contribution in [3.63, 3.8) is 0 Å². The highest BCUT2D eigenvalue weighted by Crippen LogP contribution is 2.31. The van der Waals surface area contributed by atoms with Crippen molar-refractivity contribution < 1.29 is 18.7 Å². The lowest BCUT2D eigenvalue weighted by Gasteiger charge is -2.35. The van der Waals surface area contributed by atoms with Crippen LogP contribution in [0.2, 0.25) is 0 Å².